The number of hydrogen-bond donors (Lipinski definition) is 2. The Labute approximate surface area is 248 Å². The molecule has 2 radical (unpaired) electrons. The molecule has 0 saturated carbocycles. The summed E-state index contributed by atoms with van der Waals surface area (Å²) in [5.74, 6) is -1.21. The summed E-state index contributed by atoms with van der Waals surface area (Å²) in [6.45, 7) is 1.54. The molecule has 2 N–H and O–H groups in total. The largest absolute Gasteiger partial charge is 0.388 e. The molecule has 2 aromatic rings. The van der Waals surface area contributed by atoms with Gasteiger partial charge in [-0.05, 0) is 31.2 Å². The van der Waals surface area contributed by atoms with E-state index in [-0.39, 0.29) is 99.3 Å². The quantitative estimate of drug-likeness (QED) is 0.446. The van der Waals surface area contributed by atoms with Crippen LogP contribution in [0.2, 0.25) is 0 Å². The number of aliphatic hydroxyl groups is 2. The van der Waals surface area contributed by atoms with Crippen molar-refractivity contribution in [3.63, 3.8) is 0 Å². The first-order valence-corrected chi connectivity index (χ1v) is 10.1. The van der Waals surface area contributed by atoms with Gasteiger partial charge in [-0.15, -0.1) is 0 Å². The monoisotopic (exact) mass is 855 g/mol. The van der Waals surface area contributed by atoms with Crippen LogP contribution in [0.1, 0.15) is 27.6 Å². The van der Waals surface area contributed by atoms with E-state index in [0.717, 1.165) is 4.90 Å². The summed E-state index contributed by atoms with van der Waals surface area (Å²) in [4.78, 5) is 27.1. The summed E-state index contributed by atoms with van der Waals surface area (Å²) in [6.07, 6.45) is -3.65. The van der Waals surface area contributed by atoms with E-state index in [2.05, 4.69) is 0 Å². The van der Waals surface area contributed by atoms with Crippen LogP contribution in [0.25, 0.3) is 0 Å². The Balaban J connectivity index is 0.00000160. The molecule has 2 heterocycles. The fourth-order valence-electron chi connectivity index (χ4n) is 3.63. The van der Waals surface area contributed by atoms with Crippen molar-refractivity contribution in [2.75, 3.05) is 0 Å². The average molecular weight is 855 g/mol. The number of aliphatic hydroxyl groups excluding tert-OH is 2. The van der Waals surface area contributed by atoms with Crippen LogP contribution in [0.5, 0.6) is 0 Å². The molecule has 0 aliphatic carbocycles. The third kappa shape index (κ3) is 4.73. The van der Waals surface area contributed by atoms with Crippen LogP contribution in [-0.4, -0.2) is 60.9 Å². The molecular weight excluding hydrogens is 836 g/mol. The number of rotatable bonds is 3. The van der Waals surface area contributed by atoms with E-state index < -0.39 is 52.4 Å². The van der Waals surface area contributed by atoms with Gasteiger partial charge in [0.15, 0.2) is 5.44 Å². The van der Waals surface area contributed by atoms with Crippen molar-refractivity contribution in [2.24, 2.45) is 0 Å². The number of benzene rings is 2. The van der Waals surface area contributed by atoms with E-state index in [0.29, 0.717) is 4.90 Å². The van der Waals surface area contributed by atoms with Gasteiger partial charge in [-0.1, -0.05) is 30.3 Å². The van der Waals surface area contributed by atoms with Crippen LogP contribution in [0.4, 0.5) is 0 Å². The number of fused-ring (bicyclic) bond motifs is 1. The number of imide groups is 1. The van der Waals surface area contributed by atoms with Gasteiger partial charge in [0.25, 0.3) is 11.8 Å². The van der Waals surface area contributed by atoms with E-state index in [9.17, 15) is 24.0 Å². The van der Waals surface area contributed by atoms with Gasteiger partial charge in [0.05, 0.1) is 28.0 Å². The van der Waals surface area contributed by atoms with Crippen LogP contribution in [0.15, 0.2) is 59.5 Å². The molecule has 7 nitrogen and oxygen atoms in total. The van der Waals surface area contributed by atoms with Crippen molar-refractivity contribution >= 4 is 22.6 Å². The molecule has 0 aromatic heterocycles. The van der Waals surface area contributed by atoms with Crippen LogP contribution in [0, 0.1) is 88.1 Å². The van der Waals surface area contributed by atoms with Crippen LogP contribution >= 0.6 is 0 Å². The van der Waals surface area contributed by atoms with E-state index in [4.69, 9.17) is 4.74 Å². The van der Waals surface area contributed by atoms with Gasteiger partial charge in [0.2, 0.25) is 0 Å². The average Bonchev–Trinajstić information content (AvgIpc) is 2.97. The fourth-order valence-corrected chi connectivity index (χ4v) is 5.14. The zero-order chi connectivity index (χ0) is 20.0. The first-order chi connectivity index (χ1) is 13.4. The maximum Gasteiger partial charge on any atom is 0.262 e. The third-order valence-electron chi connectivity index (χ3n) is 5.12. The number of amides is 2. The maximum atomic E-state index is 13.2. The molecule has 0 bridgehead atoms. The molecule has 2 aliphatic heterocycles. The van der Waals surface area contributed by atoms with Gasteiger partial charge < -0.3 is 14.9 Å². The molecule has 6 atom stereocenters. The minimum absolute atomic E-state index is 0. The van der Waals surface area contributed by atoms with E-state index >= 15 is 0 Å². The van der Waals surface area contributed by atoms with E-state index in [1.54, 1.807) is 49.4 Å². The molecule has 1 saturated heterocycles. The predicted octanol–water partition coefficient (Wildman–Crippen LogP) is 0.926. The van der Waals surface area contributed by atoms with Crippen molar-refractivity contribution in [1.82, 2.24) is 4.90 Å². The molecule has 30 heavy (non-hydrogen) atoms. The molecule has 4 rings (SSSR count). The fraction of sp³-hybridized carbons (Fsp3) is 0.300. The summed E-state index contributed by atoms with van der Waals surface area (Å²) in [5.41, 5.74) is -0.771. The molecule has 152 valence electrons. The summed E-state index contributed by atoms with van der Waals surface area (Å²) in [5, 5.41) is 21.1. The minimum Gasteiger partial charge on any atom is -0.388 e. The summed E-state index contributed by atoms with van der Waals surface area (Å²) in [7, 11) is -1.79. The van der Waals surface area contributed by atoms with Gasteiger partial charge in [-0.3, -0.25) is 18.7 Å². The SMILES string of the molecule is CC1OC(S(=O)c2ccccc2)C(N2C(=O)c3ccccc3C2=O)C(O)C1O.[Ac].[Ac]. The number of carbonyl (C=O) groups is 2. The van der Waals surface area contributed by atoms with Gasteiger partial charge in [0.1, 0.15) is 18.2 Å². The topological polar surface area (TPSA) is 104 Å². The van der Waals surface area contributed by atoms with Crippen molar-refractivity contribution in [2.45, 2.75) is 41.6 Å². The zero-order valence-electron chi connectivity index (χ0n) is 16.1. The van der Waals surface area contributed by atoms with Gasteiger partial charge in [-0.25, -0.2) is 0 Å². The third-order valence-corrected chi connectivity index (χ3v) is 6.67. The molecule has 1 fully saturated rings. The first-order valence-electron chi connectivity index (χ1n) is 8.86. The van der Waals surface area contributed by atoms with Crippen molar-refractivity contribution in [1.29, 1.82) is 0 Å². The van der Waals surface area contributed by atoms with Crippen molar-refractivity contribution in [3.05, 3.63) is 65.7 Å². The molecule has 2 amide bonds. The van der Waals surface area contributed by atoms with E-state index in [1.165, 1.54) is 12.1 Å². The number of nitrogens with zero attached hydrogens (tertiary/aromatic N) is 1. The van der Waals surface area contributed by atoms with Crippen LogP contribution < -0.4 is 0 Å². The summed E-state index contributed by atoms with van der Waals surface area (Å²) < 4.78 is 18.9. The van der Waals surface area contributed by atoms with Gasteiger partial charge in [-0.2, -0.15) is 0 Å². The number of ether oxygens (including phenoxy) is 1. The molecule has 0 spiro atoms. The molecule has 2 aliphatic rings. The Morgan fingerprint density at radius 1 is 0.867 bits per heavy atom. The molecular formula is C20H19Ac2NO6S. The first kappa shape index (κ1) is 26.7. The van der Waals surface area contributed by atoms with Gasteiger partial charge in [0, 0.05) is 93.0 Å². The Morgan fingerprint density at radius 2 is 1.37 bits per heavy atom. The predicted molar refractivity (Wildman–Crippen MR) is 99.9 cm³/mol. The normalized spacial score (nSPS) is 28.9. The number of hydrogen-bond acceptors (Lipinski definition) is 6. The second kappa shape index (κ2) is 11.1. The Morgan fingerprint density at radius 3 is 1.90 bits per heavy atom. The van der Waals surface area contributed by atoms with Crippen molar-refractivity contribution < 1.29 is 117 Å². The summed E-state index contributed by atoms with van der Waals surface area (Å²) >= 11 is 0. The number of carbonyl (C=O) groups excluding carboxylic acids is 2. The maximum absolute atomic E-state index is 13.2. The van der Waals surface area contributed by atoms with Crippen LogP contribution in [0.3, 0.4) is 0 Å². The zero-order valence-corrected chi connectivity index (χ0v) is 26.4. The van der Waals surface area contributed by atoms with Crippen molar-refractivity contribution in [3.8, 4) is 0 Å². The standard InChI is InChI=1S/C20H19NO6S.2Ac/c1-11-16(22)17(23)15(20(27-11)28(26)12-7-3-2-4-8-12)21-18(24)13-9-5-6-10-14(13)19(21)25;;/h2-11,15-17,20,22-23H,1H3;;. The van der Waals surface area contributed by atoms with Crippen LogP contribution in [-0.2, 0) is 15.5 Å². The minimum atomic E-state index is -1.79. The Kier molecular flexibility index (Phi) is 9.87. The smallest absolute Gasteiger partial charge is 0.262 e. The molecule has 6 unspecified atom stereocenters. The Hall–Kier alpha value is 0.493. The van der Waals surface area contributed by atoms with Gasteiger partial charge >= 0.3 is 0 Å². The molecule has 10 heteroatoms. The molecule has 2 aromatic carbocycles. The summed E-state index contributed by atoms with van der Waals surface area (Å²) in [6, 6.07) is 13.5. The van der Waals surface area contributed by atoms with E-state index in [1.807, 2.05) is 0 Å². The second-order valence-corrected chi connectivity index (χ2v) is 8.35. The Bertz CT molecular complexity index is 924. The second-order valence-electron chi connectivity index (χ2n) is 6.82.